The predicted octanol–water partition coefficient (Wildman–Crippen LogP) is 3.44. The lowest BCUT2D eigenvalue weighted by Crippen LogP contribution is -2.09. The summed E-state index contributed by atoms with van der Waals surface area (Å²) in [5.74, 6) is -0.0413. The van der Waals surface area contributed by atoms with Crippen molar-refractivity contribution in [3.8, 4) is 11.3 Å². The molecular formula is C15H14ClFN4. The third-order valence-corrected chi connectivity index (χ3v) is 3.58. The Morgan fingerprint density at radius 3 is 2.67 bits per heavy atom. The molecule has 2 heterocycles. The summed E-state index contributed by atoms with van der Waals surface area (Å²) in [4.78, 5) is 6.37. The number of benzene rings is 1. The molecule has 0 saturated carbocycles. The average Bonchev–Trinajstić information content (AvgIpc) is 2.75. The van der Waals surface area contributed by atoms with Crippen LogP contribution in [-0.4, -0.2) is 23.5 Å². The Labute approximate surface area is 126 Å². The Balaban J connectivity index is 2.22. The van der Waals surface area contributed by atoms with E-state index in [9.17, 15) is 4.39 Å². The molecule has 0 fully saturated rings. The van der Waals surface area contributed by atoms with Gasteiger partial charge in [0.05, 0.1) is 5.69 Å². The molecule has 2 aromatic heterocycles. The summed E-state index contributed by atoms with van der Waals surface area (Å²) in [6, 6.07) is 8.25. The van der Waals surface area contributed by atoms with Crippen molar-refractivity contribution < 1.29 is 4.39 Å². The topological polar surface area (TPSA) is 46.6 Å². The van der Waals surface area contributed by atoms with Gasteiger partial charge in [-0.05, 0) is 30.3 Å². The monoisotopic (exact) mass is 304 g/mol. The van der Waals surface area contributed by atoms with Gasteiger partial charge in [-0.3, -0.25) is 4.40 Å². The molecule has 0 aliphatic carbocycles. The van der Waals surface area contributed by atoms with Gasteiger partial charge >= 0.3 is 0 Å². The van der Waals surface area contributed by atoms with Crippen molar-refractivity contribution in [2.24, 2.45) is 0 Å². The number of aromatic nitrogens is 2. The molecule has 108 valence electrons. The second kappa shape index (κ2) is 4.93. The number of anilines is 2. The smallest absolute Gasteiger partial charge is 0.139 e. The number of nitrogen functional groups attached to an aromatic ring is 1. The highest BCUT2D eigenvalue weighted by Gasteiger charge is 2.15. The van der Waals surface area contributed by atoms with E-state index in [1.807, 2.05) is 37.3 Å². The molecule has 2 N–H and O–H groups in total. The normalized spacial score (nSPS) is 11.0. The molecule has 0 unspecified atom stereocenters. The molecule has 0 aliphatic rings. The van der Waals surface area contributed by atoms with E-state index in [2.05, 4.69) is 4.98 Å². The van der Waals surface area contributed by atoms with Crippen LogP contribution < -0.4 is 10.6 Å². The molecule has 21 heavy (non-hydrogen) atoms. The number of fused-ring (bicyclic) bond motifs is 1. The van der Waals surface area contributed by atoms with Crippen molar-refractivity contribution in [1.29, 1.82) is 0 Å². The van der Waals surface area contributed by atoms with Gasteiger partial charge in [0.1, 0.15) is 23.0 Å². The van der Waals surface area contributed by atoms with E-state index in [0.717, 1.165) is 5.69 Å². The fraction of sp³-hybridized carbons (Fsp3) is 0.133. The van der Waals surface area contributed by atoms with Crippen LogP contribution in [0, 0.1) is 5.82 Å². The lowest BCUT2D eigenvalue weighted by molar-refractivity contribution is 0.631. The van der Waals surface area contributed by atoms with Gasteiger partial charge in [-0.25, -0.2) is 9.37 Å². The van der Waals surface area contributed by atoms with Crippen molar-refractivity contribution in [3.05, 3.63) is 47.4 Å². The van der Waals surface area contributed by atoms with Gasteiger partial charge in [0, 0.05) is 30.9 Å². The number of nitrogens with zero attached hydrogens (tertiary/aromatic N) is 3. The Morgan fingerprint density at radius 2 is 2.00 bits per heavy atom. The number of pyridine rings is 1. The van der Waals surface area contributed by atoms with Gasteiger partial charge in [0.2, 0.25) is 0 Å². The van der Waals surface area contributed by atoms with Crippen LogP contribution >= 0.6 is 11.6 Å². The first-order valence-corrected chi connectivity index (χ1v) is 6.75. The molecule has 0 saturated heterocycles. The van der Waals surface area contributed by atoms with Crippen molar-refractivity contribution >= 4 is 28.8 Å². The highest BCUT2D eigenvalue weighted by atomic mass is 35.5. The zero-order chi connectivity index (χ0) is 15.1. The Hall–Kier alpha value is -2.27. The van der Waals surface area contributed by atoms with Crippen LogP contribution in [-0.2, 0) is 0 Å². The van der Waals surface area contributed by atoms with E-state index in [1.165, 1.54) is 6.07 Å². The van der Waals surface area contributed by atoms with Crippen molar-refractivity contribution in [2.75, 3.05) is 24.7 Å². The molecule has 6 heteroatoms. The molecular weight excluding hydrogens is 291 g/mol. The van der Waals surface area contributed by atoms with Gasteiger partial charge < -0.3 is 10.6 Å². The SMILES string of the molecule is CN(C)c1ccc2nc(-c3ccc(Cl)cc3F)c(N)n2c1. The van der Waals surface area contributed by atoms with E-state index in [-0.39, 0.29) is 0 Å². The molecule has 0 bridgehead atoms. The lowest BCUT2D eigenvalue weighted by Gasteiger charge is -2.12. The first kappa shape index (κ1) is 13.7. The number of hydrogen-bond acceptors (Lipinski definition) is 3. The third-order valence-electron chi connectivity index (χ3n) is 3.34. The number of hydrogen-bond donors (Lipinski definition) is 1. The molecule has 4 nitrogen and oxygen atoms in total. The molecule has 0 spiro atoms. The van der Waals surface area contributed by atoms with Crippen LogP contribution in [0.2, 0.25) is 5.02 Å². The van der Waals surface area contributed by atoms with Crippen LogP contribution in [0.15, 0.2) is 36.5 Å². The molecule has 0 aliphatic heterocycles. The zero-order valence-electron chi connectivity index (χ0n) is 11.6. The molecule has 0 atom stereocenters. The minimum absolute atomic E-state index is 0.340. The molecule has 1 aromatic carbocycles. The summed E-state index contributed by atoms with van der Waals surface area (Å²) < 4.78 is 15.8. The van der Waals surface area contributed by atoms with Gasteiger partial charge in [0.15, 0.2) is 0 Å². The first-order chi connectivity index (χ1) is 9.97. The minimum atomic E-state index is -0.439. The lowest BCUT2D eigenvalue weighted by atomic mass is 10.1. The van der Waals surface area contributed by atoms with Crippen LogP contribution in [0.25, 0.3) is 16.9 Å². The van der Waals surface area contributed by atoms with Gasteiger partial charge in [-0.1, -0.05) is 11.6 Å². The average molecular weight is 305 g/mol. The summed E-state index contributed by atoms with van der Waals surface area (Å²) in [5.41, 5.74) is 8.54. The summed E-state index contributed by atoms with van der Waals surface area (Å²) in [5, 5.41) is 0.341. The largest absolute Gasteiger partial charge is 0.383 e. The number of nitrogens with two attached hydrogens (primary N) is 1. The highest BCUT2D eigenvalue weighted by Crippen LogP contribution is 2.30. The van der Waals surface area contributed by atoms with Crippen molar-refractivity contribution in [3.63, 3.8) is 0 Å². The number of halogens is 2. The summed E-state index contributed by atoms with van der Waals surface area (Å²) in [6.45, 7) is 0. The van der Waals surface area contributed by atoms with E-state index < -0.39 is 5.82 Å². The maximum atomic E-state index is 14.1. The predicted molar refractivity (Wildman–Crippen MR) is 84.3 cm³/mol. The highest BCUT2D eigenvalue weighted by molar-refractivity contribution is 6.30. The fourth-order valence-corrected chi connectivity index (χ4v) is 2.35. The molecule has 3 aromatic rings. The second-order valence-electron chi connectivity index (χ2n) is 4.98. The van der Waals surface area contributed by atoms with Crippen molar-refractivity contribution in [1.82, 2.24) is 9.38 Å². The van der Waals surface area contributed by atoms with Crippen LogP contribution in [0.3, 0.4) is 0 Å². The van der Waals surface area contributed by atoms with E-state index >= 15 is 0 Å². The summed E-state index contributed by atoms with van der Waals surface area (Å²) in [7, 11) is 3.88. The zero-order valence-corrected chi connectivity index (χ0v) is 12.4. The Bertz CT molecular complexity index is 826. The molecule has 0 radical (unpaired) electrons. The standard InChI is InChI=1S/C15H14ClFN4/c1-20(2)10-4-6-13-19-14(15(18)21(13)8-10)11-5-3-9(16)7-12(11)17/h3-8H,18H2,1-2H3. The van der Waals surface area contributed by atoms with E-state index in [1.54, 1.807) is 16.5 Å². The van der Waals surface area contributed by atoms with Gasteiger partial charge in [-0.2, -0.15) is 0 Å². The van der Waals surface area contributed by atoms with Crippen LogP contribution in [0.5, 0.6) is 0 Å². The first-order valence-electron chi connectivity index (χ1n) is 6.37. The van der Waals surface area contributed by atoms with Gasteiger partial charge in [-0.15, -0.1) is 0 Å². The summed E-state index contributed by atoms with van der Waals surface area (Å²) in [6.07, 6.45) is 1.87. The maximum absolute atomic E-state index is 14.1. The quantitative estimate of drug-likeness (QED) is 0.789. The second-order valence-corrected chi connectivity index (χ2v) is 5.42. The minimum Gasteiger partial charge on any atom is -0.383 e. The van der Waals surface area contributed by atoms with E-state index in [4.69, 9.17) is 17.3 Å². The van der Waals surface area contributed by atoms with Crippen LogP contribution in [0.4, 0.5) is 15.9 Å². The number of rotatable bonds is 2. The maximum Gasteiger partial charge on any atom is 0.139 e. The van der Waals surface area contributed by atoms with Crippen molar-refractivity contribution in [2.45, 2.75) is 0 Å². The third kappa shape index (κ3) is 2.29. The van der Waals surface area contributed by atoms with Crippen LogP contribution in [0.1, 0.15) is 0 Å². The summed E-state index contributed by atoms with van der Waals surface area (Å²) >= 11 is 5.78. The Morgan fingerprint density at radius 1 is 1.24 bits per heavy atom. The fourth-order valence-electron chi connectivity index (χ4n) is 2.20. The van der Waals surface area contributed by atoms with E-state index in [0.29, 0.717) is 27.7 Å². The molecule has 0 amide bonds. The molecule has 3 rings (SSSR count). The number of imidazole rings is 1. The Kier molecular flexibility index (Phi) is 3.22. The van der Waals surface area contributed by atoms with Gasteiger partial charge in [0.25, 0.3) is 0 Å².